The number of hydrogen-bond donors (Lipinski definition) is 2. The van der Waals surface area contributed by atoms with E-state index in [1.165, 1.54) is 13.3 Å². The van der Waals surface area contributed by atoms with Gasteiger partial charge in [0.2, 0.25) is 17.7 Å². The van der Waals surface area contributed by atoms with Gasteiger partial charge in [0.05, 0.1) is 6.04 Å². The molecule has 1 heterocycles. The molecule has 0 saturated carbocycles. The van der Waals surface area contributed by atoms with E-state index in [9.17, 15) is 14.4 Å². The molecule has 1 aliphatic heterocycles. The van der Waals surface area contributed by atoms with E-state index >= 15 is 0 Å². The van der Waals surface area contributed by atoms with Gasteiger partial charge in [0.25, 0.3) is 0 Å². The molecule has 0 aromatic heterocycles. The average molecular weight is 513 g/mol. The second-order valence-electron chi connectivity index (χ2n) is 10.8. The molecule has 206 valence electrons. The number of amides is 3. The van der Waals surface area contributed by atoms with Gasteiger partial charge in [0, 0.05) is 25.4 Å². The average Bonchev–Trinajstić information content (AvgIpc) is 3.32. The molecule has 2 rings (SSSR count). The lowest BCUT2D eigenvalue weighted by Crippen LogP contribution is -2.57. The maximum absolute atomic E-state index is 13.3. The summed E-state index contributed by atoms with van der Waals surface area (Å²) in [4.78, 5) is 44.2. The Kier molecular flexibility index (Phi) is 12.7. The van der Waals surface area contributed by atoms with E-state index in [0.717, 1.165) is 28.8 Å². The minimum absolute atomic E-state index is 0.165. The van der Waals surface area contributed by atoms with Crippen molar-refractivity contribution >= 4 is 29.5 Å². The van der Waals surface area contributed by atoms with Crippen molar-refractivity contribution in [1.29, 1.82) is 0 Å². The van der Waals surface area contributed by atoms with Crippen molar-refractivity contribution in [3.63, 3.8) is 0 Å². The van der Waals surface area contributed by atoms with Crippen molar-refractivity contribution in [1.82, 2.24) is 15.5 Å². The Morgan fingerprint density at radius 3 is 2.14 bits per heavy atom. The minimum atomic E-state index is -0.680. The number of nitrogens with one attached hydrogen (secondary N) is 2. The maximum Gasteiger partial charge on any atom is 0.246 e. The largest absolute Gasteiger partial charge is 0.348 e. The van der Waals surface area contributed by atoms with Crippen LogP contribution in [0.15, 0.2) is 35.0 Å². The predicted octanol–water partition coefficient (Wildman–Crippen LogP) is 5.66. The first kappa shape index (κ1) is 32.1. The Balaban J connectivity index is 0.00000217. The summed E-state index contributed by atoms with van der Waals surface area (Å²) in [5.74, 6) is -0.626. The number of carbonyl (C=O) groups is 3. The Labute approximate surface area is 224 Å². The van der Waals surface area contributed by atoms with Crippen LogP contribution in [0, 0.1) is 5.41 Å². The summed E-state index contributed by atoms with van der Waals surface area (Å²) in [6, 6.07) is 6.68. The van der Waals surface area contributed by atoms with E-state index < -0.39 is 17.5 Å². The molecule has 1 saturated heterocycles. The number of allylic oxidation sites excluding steroid dienone is 2. The lowest BCUT2D eigenvalue weighted by atomic mass is 9.85. The number of aliphatic imine (C=N–C) groups is 1. The molecule has 3 amide bonds. The molecular formula is C30H48N4O3. The van der Waals surface area contributed by atoms with Crippen LogP contribution in [0.1, 0.15) is 106 Å². The standard InChI is InChI=1S/C27H40N4O3.C3H8/c1-9-28-18(3)17(2)21-12-14-22(15-13-21)19(4)29-25(33)23-11-10-16-31(23)26(34)24(27(6,7)8)30-20(5)32;1-3-2/h9,12-15,19,23-24H,10-11,16H2,1-8H3,(H,29,33)(H,30,32);3H2,1-2H3/b18-17+,28-9?;. The molecule has 0 radical (unpaired) electrons. The number of likely N-dealkylation sites (tertiary alicyclic amines) is 1. The fraction of sp³-hybridized carbons (Fsp3) is 0.600. The third-order valence-electron chi connectivity index (χ3n) is 6.37. The molecule has 0 bridgehead atoms. The van der Waals surface area contributed by atoms with Gasteiger partial charge in [0.15, 0.2) is 0 Å². The molecule has 3 atom stereocenters. The third-order valence-corrected chi connectivity index (χ3v) is 6.37. The monoisotopic (exact) mass is 512 g/mol. The lowest BCUT2D eigenvalue weighted by molar-refractivity contribution is -0.143. The molecule has 7 nitrogen and oxygen atoms in total. The summed E-state index contributed by atoms with van der Waals surface area (Å²) in [6.45, 7) is 19.8. The minimum Gasteiger partial charge on any atom is -0.348 e. The molecule has 37 heavy (non-hydrogen) atoms. The molecule has 2 N–H and O–H groups in total. The maximum atomic E-state index is 13.3. The van der Waals surface area contributed by atoms with Crippen LogP contribution in [0.2, 0.25) is 0 Å². The zero-order valence-electron chi connectivity index (χ0n) is 24.6. The van der Waals surface area contributed by atoms with Crippen LogP contribution < -0.4 is 10.6 Å². The van der Waals surface area contributed by atoms with Gasteiger partial charge >= 0.3 is 0 Å². The zero-order valence-corrected chi connectivity index (χ0v) is 24.6. The van der Waals surface area contributed by atoms with Gasteiger partial charge < -0.3 is 15.5 Å². The Bertz CT molecular complexity index is 974. The number of hydrogen-bond acceptors (Lipinski definition) is 4. The first-order chi connectivity index (χ1) is 17.3. The highest BCUT2D eigenvalue weighted by atomic mass is 16.2. The van der Waals surface area contributed by atoms with Crippen molar-refractivity contribution in [2.45, 2.75) is 107 Å². The first-order valence-corrected chi connectivity index (χ1v) is 13.4. The highest BCUT2D eigenvalue weighted by Crippen LogP contribution is 2.27. The van der Waals surface area contributed by atoms with Gasteiger partial charge in [0.1, 0.15) is 12.1 Å². The first-order valence-electron chi connectivity index (χ1n) is 13.4. The second kappa shape index (κ2) is 14.7. The second-order valence-corrected chi connectivity index (χ2v) is 10.8. The quantitative estimate of drug-likeness (QED) is 0.462. The van der Waals surface area contributed by atoms with Crippen LogP contribution in [-0.2, 0) is 14.4 Å². The summed E-state index contributed by atoms with van der Waals surface area (Å²) in [5.41, 5.74) is 3.69. The van der Waals surface area contributed by atoms with E-state index in [2.05, 4.69) is 29.5 Å². The Morgan fingerprint density at radius 1 is 1.08 bits per heavy atom. The van der Waals surface area contributed by atoms with Crippen LogP contribution in [0.4, 0.5) is 0 Å². The van der Waals surface area contributed by atoms with Crippen LogP contribution >= 0.6 is 0 Å². The van der Waals surface area contributed by atoms with Gasteiger partial charge in [-0.25, -0.2) is 0 Å². The molecule has 1 aromatic carbocycles. The van der Waals surface area contributed by atoms with E-state index in [1.807, 2.05) is 72.7 Å². The van der Waals surface area contributed by atoms with Crippen LogP contribution in [-0.4, -0.2) is 47.5 Å². The Hall–Kier alpha value is -2.96. The number of benzene rings is 1. The Morgan fingerprint density at radius 2 is 1.65 bits per heavy atom. The number of nitrogens with zero attached hydrogens (tertiary/aromatic N) is 2. The predicted molar refractivity (Wildman–Crippen MR) is 153 cm³/mol. The highest BCUT2D eigenvalue weighted by Gasteiger charge is 2.41. The summed E-state index contributed by atoms with van der Waals surface area (Å²) in [6.07, 6.45) is 4.40. The SMILES string of the molecule is CC=N/C(C)=C(\C)c1ccc(C(C)NC(=O)C2CCCN2C(=O)C(NC(C)=O)C(C)(C)C)cc1.CCC. The molecule has 3 unspecified atom stereocenters. The summed E-state index contributed by atoms with van der Waals surface area (Å²) in [7, 11) is 0. The molecule has 1 aliphatic rings. The van der Waals surface area contributed by atoms with Crippen molar-refractivity contribution in [2.24, 2.45) is 10.4 Å². The van der Waals surface area contributed by atoms with Crippen LogP contribution in [0.3, 0.4) is 0 Å². The van der Waals surface area contributed by atoms with Crippen molar-refractivity contribution in [3.8, 4) is 0 Å². The van der Waals surface area contributed by atoms with Crippen molar-refractivity contribution < 1.29 is 14.4 Å². The number of rotatable bonds is 7. The van der Waals surface area contributed by atoms with E-state index in [1.54, 1.807) is 11.1 Å². The fourth-order valence-corrected chi connectivity index (χ4v) is 4.23. The fourth-order valence-electron chi connectivity index (χ4n) is 4.23. The zero-order chi connectivity index (χ0) is 28.3. The summed E-state index contributed by atoms with van der Waals surface area (Å²) in [5, 5.41) is 5.86. The lowest BCUT2D eigenvalue weighted by Gasteiger charge is -2.35. The highest BCUT2D eigenvalue weighted by molar-refractivity contribution is 5.92. The molecule has 1 fully saturated rings. The topological polar surface area (TPSA) is 90.9 Å². The van der Waals surface area contributed by atoms with Gasteiger partial charge in [-0.05, 0) is 62.7 Å². The summed E-state index contributed by atoms with van der Waals surface area (Å²) >= 11 is 0. The smallest absolute Gasteiger partial charge is 0.246 e. The van der Waals surface area contributed by atoms with E-state index in [4.69, 9.17) is 0 Å². The van der Waals surface area contributed by atoms with Gasteiger partial charge in [-0.15, -0.1) is 0 Å². The van der Waals surface area contributed by atoms with Gasteiger partial charge in [-0.1, -0.05) is 65.3 Å². The normalized spacial score (nSPS) is 17.9. The van der Waals surface area contributed by atoms with Gasteiger partial charge in [-0.3, -0.25) is 19.4 Å². The molecular weight excluding hydrogens is 464 g/mol. The third kappa shape index (κ3) is 9.45. The van der Waals surface area contributed by atoms with E-state index in [-0.39, 0.29) is 23.8 Å². The van der Waals surface area contributed by atoms with Crippen LogP contribution in [0.5, 0.6) is 0 Å². The number of carbonyl (C=O) groups excluding carboxylic acids is 3. The van der Waals surface area contributed by atoms with Crippen molar-refractivity contribution in [2.75, 3.05) is 6.54 Å². The van der Waals surface area contributed by atoms with E-state index in [0.29, 0.717) is 13.0 Å². The molecule has 0 spiro atoms. The van der Waals surface area contributed by atoms with Gasteiger partial charge in [-0.2, -0.15) is 0 Å². The summed E-state index contributed by atoms with van der Waals surface area (Å²) < 4.78 is 0. The molecule has 1 aromatic rings. The molecule has 0 aliphatic carbocycles. The van der Waals surface area contributed by atoms with Crippen LogP contribution in [0.25, 0.3) is 5.57 Å². The molecule has 7 heteroatoms. The van der Waals surface area contributed by atoms with Crippen molar-refractivity contribution in [3.05, 3.63) is 41.1 Å².